The van der Waals surface area contributed by atoms with Crippen LogP contribution in [0, 0.1) is 0 Å². The standard InChI is InChI=1S/C72H118O6/c1-4-7-10-13-16-19-22-24-26-28-30-32-33-34-35-36-37-38-39-41-42-44-46-48-50-53-56-59-62-65-71(74)77-68-69(67-76-70(73)64-61-58-55-52-21-18-15-12-9-6-3)78-72(75)66-63-60-57-54-51-49-47-45-43-40-31-29-27-25-23-20-17-14-11-8-5-2/h7-8,10-12,15-17,19-20,24-27,30-32,34-35,37-38,40,69H,4-6,9,13-14,18,21-23,28-29,33,36,39,41-68H2,1-3H3/b10-7-,11-8-,15-12-,19-16-,20-17-,26-24-,27-25-,32-30-,35-34-,38-37-,40-31-. The number of hydrogen-bond acceptors (Lipinski definition) is 6. The van der Waals surface area contributed by atoms with Gasteiger partial charge in [0.25, 0.3) is 0 Å². The molecule has 0 radical (unpaired) electrons. The van der Waals surface area contributed by atoms with E-state index in [-0.39, 0.29) is 31.1 Å². The van der Waals surface area contributed by atoms with Gasteiger partial charge in [-0.3, -0.25) is 14.4 Å². The van der Waals surface area contributed by atoms with Gasteiger partial charge in [0.2, 0.25) is 0 Å². The molecule has 0 amide bonds. The molecule has 0 aromatic rings. The van der Waals surface area contributed by atoms with Crippen LogP contribution in [0.1, 0.15) is 284 Å². The van der Waals surface area contributed by atoms with Crippen LogP contribution in [0.4, 0.5) is 0 Å². The number of carbonyl (C=O) groups is 3. The molecule has 78 heavy (non-hydrogen) atoms. The van der Waals surface area contributed by atoms with Gasteiger partial charge in [-0.05, 0) is 128 Å². The smallest absolute Gasteiger partial charge is 0.306 e. The molecule has 0 fully saturated rings. The summed E-state index contributed by atoms with van der Waals surface area (Å²) >= 11 is 0. The van der Waals surface area contributed by atoms with Crippen LogP contribution in [-0.4, -0.2) is 37.2 Å². The number of rotatable bonds is 57. The van der Waals surface area contributed by atoms with Crippen molar-refractivity contribution >= 4 is 17.9 Å². The predicted molar refractivity (Wildman–Crippen MR) is 339 cm³/mol. The lowest BCUT2D eigenvalue weighted by molar-refractivity contribution is -0.167. The molecule has 6 heteroatoms. The molecule has 1 atom stereocenters. The molecule has 442 valence electrons. The molecule has 0 aromatic heterocycles. The highest BCUT2D eigenvalue weighted by atomic mass is 16.6. The summed E-state index contributed by atoms with van der Waals surface area (Å²) in [4.78, 5) is 38.2. The second kappa shape index (κ2) is 65.1. The normalized spacial score (nSPS) is 13.0. The number of carbonyl (C=O) groups excluding carboxylic acids is 3. The van der Waals surface area contributed by atoms with Gasteiger partial charge in [-0.15, -0.1) is 0 Å². The Morgan fingerprint density at radius 3 is 0.795 bits per heavy atom. The fourth-order valence-electron chi connectivity index (χ4n) is 8.62. The Morgan fingerprint density at radius 2 is 0.500 bits per heavy atom. The monoisotopic (exact) mass is 1080 g/mol. The zero-order valence-corrected chi connectivity index (χ0v) is 50.6. The van der Waals surface area contributed by atoms with Crippen molar-refractivity contribution in [3.8, 4) is 0 Å². The minimum Gasteiger partial charge on any atom is -0.462 e. The quantitative estimate of drug-likeness (QED) is 0.0261. The highest BCUT2D eigenvalue weighted by molar-refractivity contribution is 5.71. The van der Waals surface area contributed by atoms with Crippen molar-refractivity contribution < 1.29 is 28.6 Å². The summed E-state index contributed by atoms with van der Waals surface area (Å²) in [6.07, 6.45) is 91.8. The Labute approximate surface area is 481 Å². The number of ether oxygens (including phenoxy) is 3. The number of hydrogen-bond donors (Lipinski definition) is 0. The highest BCUT2D eigenvalue weighted by Crippen LogP contribution is 2.15. The molecule has 1 unspecified atom stereocenters. The van der Waals surface area contributed by atoms with Gasteiger partial charge >= 0.3 is 17.9 Å². The molecule has 0 heterocycles. The zero-order chi connectivity index (χ0) is 56.4. The van der Waals surface area contributed by atoms with Gasteiger partial charge in [-0.25, -0.2) is 0 Å². The van der Waals surface area contributed by atoms with E-state index >= 15 is 0 Å². The third kappa shape index (κ3) is 62.4. The average molecular weight is 1080 g/mol. The van der Waals surface area contributed by atoms with Crippen molar-refractivity contribution in [3.63, 3.8) is 0 Å². The first kappa shape index (κ1) is 73.5. The van der Waals surface area contributed by atoms with Gasteiger partial charge in [0.05, 0.1) is 0 Å². The fraction of sp³-hybridized carbons (Fsp3) is 0.653. The van der Waals surface area contributed by atoms with Crippen LogP contribution in [0.2, 0.25) is 0 Å². The van der Waals surface area contributed by atoms with E-state index in [1.54, 1.807) is 0 Å². The lowest BCUT2D eigenvalue weighted by Crippen LogP contribution is -2.30. The van der Waals surface area contributed by atoms with Crippen LogP contribution < -0.4 is 0 Å². The van der Waals surface area contributed by atoms with Gasteiger partial charge in [0.1, 0.15) is 13.2 Å². The van der Waals surface area contributed by atoms with E-state index in [1.807, 2.05) is 0 Å². The first-order chi connectivity index (χ1) is 38.5. The van der Waals surface area contributed by atoms with Crippen molar-refractivity contribution in [2.24, 2.45) is 0 Å². The van der Waals surface area contributed by atoms with E-state index < -0.39 is 6.10 Å². The van der Waals surface area contributed by atoms with Crippen LogP contribution in [0.15, 0.2) is 134 Å². The van der Waals surface area contributed by atoms with E-state index in [1.165, 1.54) is 96.3 Å². The molecule has 0 aliphatic carbocycles. The second-order valence-corrected chi connectivity index (χ2v) is 20.9. The molecular weight excluding hydrogens is 961 g/mol. The minimum atomic E-state index is -0.792. The Hall–Kier alpha value is -4.45. The van der Waals surface area contributed by atoms with Crippen LogP contribution in [0.25, 0.3) is 0 Å². The lowest BCUT2D eigenvalue weighted by atomic mass is 10.1. The van der Waals surface area contributed by atoms with E-state index in [4.69, 9.17) is 14.2 Å². The maximum absolute atomic E-state index is 12.9. The molecule has 0 saturated heterocycles. The van der Waals surface area contributed by atoms with Crippen molar-refractivity contribution in [2.75, 3.05) is 13.2 Å². The van der Waals surface area contributed by atoms with E-state index in [0.29, 0.717) is 19.3 Å². The van der Waals surface area contributed by atoms with Crippen LogP contribution in [0.5, 0.6) is 0 Å². The third-order valence-corrected chi connectivity index (χ3v) is 13.4. The number of unbranched alkanes of at least 4 members (excludes halogenated alkanes) is 24. The van der Waals surface area contributed by atoms with Crippen molar-refractivity contribution in [1.82, 2.24) is 0 Å². The molecule has 6 nitrogen and oxygen atoms in total. The van der Waals surface area contributed by atoms with Crippen LogP contribution >= 0.6 is 0 Å². The first-order valence-electron chi connectivity index (χ1n) is 32.2. The number of allylic oxidation sites excluding steroid dienone is 22. The molecule has 0 spiro atoms. The Kier molecular flexibility index (Phi) is 61.4. The van der Waals surface area contributed by atoms with Gasteiger partial charge in [-0.1, -0.05) is 270 Å². The topological polar surface area (TPSA) is 78.9 Å². The Balaban J connectivity index is 4.27. The summed E-state index contributed by atoms with van der Waals surface area (Å²) < 4.78 is 16.9. The predicted octanol–water partition coefficient (Wildman–Crippen LogP) is 22.2. The SMILES string of the molecule is CC/C=C\C/C=C\C/C=C\C/C=C\C/C=C\C/C=C\CCCCCCCCCCCCC(=O)OCC(COC(=O)CCCCCCC/C=C\CCC)OC(=O)CCCCCCCCCC/C=C\C/C=C\C/C=C\C/C=C\CC. The molecular formula is C72H118O6. The summed E-state index contributed by atoms with van der Waals surface area (Å²) in [5.41, 5.74) is 0. The average Bonchev–Trinajstić information content (AvgIpc) is 3.44. The largest absolute Gasteiger partial charge is 0.462 e. The fourth-order valence-corrected chi connectivity index (χ4v) is 8.62. The molecule has 0 aromatic carbocycles. The van der Waals surface area contributed by atoms with Gasteiger partial charge < -0.3 is 14.2 Å². The third-order valence-electron chi connectivity index (χ3n) is 13.4. The van der Waals surface area contributed by atoms with E-state index in [2.05, 4.69) is 154 Å². The summed E-state index contributed by atoms with van der Waals surface area (Å²) in [6, 6.07) is 0. The maximum atomic E-state index is 12.9. The second-order valence-electron chi connectivity index (χ2n) is 20.9. The minimum absolute atomic E-state index is 0.0891. The summed E-state index contributed by atoms with van der Waals surface area (Å²) in [5, 5.41) is 0. The van der Waals surface area contributed by atoms with Crippen molar-refractivity contribution in [3.05, 3.63) is 134 Å². The molecule has 0 N–H and O–H groups in total. The lowest BCUT2D eigenvalue weighted by Gasteiger charge is -2.18. The van der Waals surface area contributed by atoms with Crippen molar-refractivity contribution in [2.45, 2.75) is 290 Å². The van der Waals surface area contributed by atoms with E-state index in [0.717, 1.165) is 148 Å². The van der Waals surface area contributed by atoms with Gasteiger partial charge in [0.15, 0.2) is 6.10 Å². The molecule has 0 saturated carbocycles. The number of esters is 3. The molecule has 0 bridgehead atoms. The van der Waals surface area contributed by atoms with E-state index in [9.17, 15) is 14.4 Å². The van der Waals surface area contributed by atoms with Crippen molar-refractivity contribution in [1.29, 1.82) is 0 Å². The summed E-state index contributed by atoms with van der Waals surface area (Å²) in [6.45, 7) is 6.34. The molecule has 0 rings (SSSR count). The van der Waals surface area contributed by atoms with Gasteiger partial charge in [0, 0.05) is 19.3 Å². The van der Waals surface area contributed by atoms with Crippen LogP contribution in [0.3, 0.4) is 0 Å². The summed E-state index contributed by atoms with van der Waals surface area (Å²) in [7, 11) is 0. The maximum Gasteiger partial charge on any atom is 0.306 e. The highest BCUT2D eigenvalue weighted by Gasteiger charge is 2.19. The first-order valence-corrected chi connectivity index (χ1v) is 32.2. The van der Waals surface area contributed by atoms with Gasteiger partial charge in [-0.2, -0.15) is 0 Å². The van der Waals surface area contributed by atoms with Crippen LogP contribution in [-0.2, 0) is 28.6 Å². The Morgan fingerprint density at radius 1 is 0.269 bits per heavy atom. The molecule has 0 aliphatic heterocycles. The Bertz CT molecular complexity index is 1670. The zero-order valence-electron chi connectivity index (χ0n) is 50.6. The molecule has 0 aliphatic rings. The summed E-state index contributed by atoms with van der Waals surface area (Å²) in [5.74, 6) is -0.910.